The van der Waals surface area contributed by atoms with Crippen LogP contribution < -0.4 is 14.8 Å². The Kier molecular flexibility index (Phi) is 6.34. The molecule has 0 saturated carbocycles. The molecule has 0 saturated heterocycles. The molecular formula is C22H21ClN2O4S. The number of ether oxygens (including phenoxy) is 1. The number of benzene rings is 3. The average molecular weight is 445 g/mol. The predicted molar refractivity (Wildman–Crippen MR) is 119 cm³/mol. The van der Waals surface area contributed by atoms with Crippen molar-refractivity contribution in [3.8, 4) is 5.75 Å². The minimum Gasteiger partial charge on any atom is -0.495 e. The Hall–Kier alpha value is -3.03. The Morgan fingerprint density at radius 1 is 0.967 bits per heavy atom. The lowest BCUT2D eigenvalue weighted by Gasteiger charge is -2.15. The van der Waals surface area contributed by atoms with Crippen LogP contribution in [0.5, 0.6) is 5.75 Å². The fraction of sp³-hybridized carbons (Fsp3) is 0.136. The van der Waals surface area contributed by atoms with Gasteiger partial charge < -0.3 is 10.1 Å². The number of rotatable bonds is 6. The number of nitrogens with one attached hydrogen (secondary N) is 2. The van der Waals surface area contributed by atoms with Crippen molar-refractivity contribution in [2.24, 2.45) is 0 Å². The van der Waals surface area contributed by atoms with Crippen LogP contribution in [0.15, 0.2) is 65.6 Å². The van der Waals surface area contributed by atoms with Crippen molar-refractivity contribution in [3.05, 3.63) is 82.4 Å². The van der Waals surface area contributed by atoms with Gasteiger partial charge in [-0.25, -0.2) is 8.42 Å². The Bertz CT molecular complexity index is 1200. The zero-order valence-electron chi connectivity index (χ0n) is 16.7. The van der Waals surface area contributed by atoms with Gasteiger partial charge in [0.1, 0.15) is 10.6 Å². The second-order valence-electron chi connectivity index (χ2n) is 6.71. The number of halogens is 1. The molecule has 0 atom stereocenters. The molecule has 8 heteroatoms. The third-order valence-corrected chi connectivity index (χ3v) is 6.29. The topological polar surface area (TPSA) is 84.5 Å². The minimum absolute atomic E-state index is 0.0330. The lowest BCUT2D eigenvalue weighted by Crippen LogP contribution is -2.15. The smallest absolute Gasteiger partial charge is 0.265 e. The highest BCUT2D eigenvalue weighted by Gasteiger charge is 2.21. The number of aryl methyl sites for hydroxylation is 2. The SMILES string of the molecule is COc1cc(C)c(C)cc1S(=O)(=O)Nc1ccc(NC(=O)c2ccccc2)c(Cl)c1. The van der Waals surface area contributed by atoms with E-state index in [-0.39, 0.29) is 27.3 Å². The van der Waals surface area contributed by atoms with Gasteiger partial charge >= 0.3 is 0 Å². The number of carbonyl (C=O) groups is 1. The zero-order chi connectivity index (χ0) is 21.9. The molecule has 0 aliphatic heterocycles. The summed E-state index contributed by atoms with van der Waals surface area (Å²) in [4.78, 5) is 12.3. The van der Waals surface area contributed by atoms with Crippen molar-refractivity contribution in [3.63, 3.8) is 0 Å². The summed E-state index contributed by atoms with van der Waals surface area (Å²) < 4.78 is 33.5. The van der Waals surface area contributed by atoms with Gasteiger partial charge in [0.2, 0.25) is 0 Å². The van der Waals surface area contributed by atoms with Crippen molar-refractivity contribution in [2.45, 2.75) is 18.7 Å². The Labute approximate surface area is 180 Å². The van der Waals surface area contributed by atoms with E-state index in [0.29, 0.717) is 11.3 Å². The van der Waals surface area contributed by atoms with Crippen molar-refractivity contribution in [2.75, 3.05) is 17.1 Å². The fourth-order valence-electron chi connectivity index (χ4n) is 2.81. The molecule has 0 aliphatic rings. The molecule has 0 spiro atoms. The Morgan fingerprint density at radius 2 is 1.63 bits per heavy atom. The van der Waals surface area contributed by atoms with Crippen molar-refractivity contribution in [1.29, 1.82) is 0 Å². The van der Waals surface area contributed by atoms with Gasteiger partial charge in [0.15, 0.2) is 0 Å². The fourth-order valence-corrected chi connectivity index (χ4v) is 4.32. The van der Waals surface area contributed by atoms with E-state index in [0.717, 1.165) is 11.1 Å². The van der Waals surface area contributed by atoms with Crippen LogP contribution in [0.4, 0.5) is 11.4 Å². The molecule has 0 unspecified atom stereocenters. The summed E-state index contributed by atoms with van der Waals surface area (Å²) in [5, 5.41) is 2.91. The van der Waals surface area contributed by atoms with E-state index in [4.69, 9.17) is 16.3 Å². The molecule has 1 amide bonds. The third kappa shape index (κ3) is 4.75. The molecule has 2 N–H and O–H groups in total. The largest absolute Gasteiger partial charge is 0.495 e. The summed E-state index contributed by atoms with van der Waals surface area (Å²) in [5.41, 5.74) is 2.87. The van der Waals surface area contributed by atoms with Crippen LogP contribution in [-0.4, -0.2) is 21.4 Å². The Morgan fingerprint density at radius 3 is 2.27 bits per heavy atom. The number of hydrogen-bond donors (Lipinski definition) is 2. The molecule has 0 aromatic heterocycles. The molecule has 0 radical (unpaired) electrons. The van der Waals surface area contributed by atoms with Crippen molar-refractivity contribution < 1.29 is 17.9 Å². The molecule has 0 fully saturated rings. The van der Waals surface area contributed by atoms with Crippen LogP contribution in [0.2, 0.25) is 5.02 Å². The highest BCUT2D eigenvalue weighted by molar-refractivity contribution is 7.92. The predicted octanol–water partition coefficient (Wildman–Crippen LogP) is 5.02. The van der Waals surface area contributed by atoms with E-state index in [9.17, 15) is 13.2 Å². The van der Waals surface area contributed by atoms with E-state index in [2.05, 4.69) is 10.0 Å². The van der Waals surface area contributed by atoms with Gasteiger partial charge in [-0.1, -0.05) is 29.8 Å². The molecular weight excluding hydrogens is 424 g/mol. The molecule has 3 aromatic rings. The first kappa shape index (κ1) is 21.7. The van der Waals surface area contributed by atoms with Crippen LogP contribution in [0.25, 0.3) is 0 Å². The van der Waals surface area contributed by atoms with E-state index >= 15 is 0 Å². The maximum Gasteiger partial charge on any atom is 0.265 e. The number of amides is 1. The first-order chi connectivity index (χ1) is 14.2. The number of hydrogen-bond acceptors (Lipinski definition) is 4. The summed E-state index contributed by atoms with van der Waals surface area (Å²) in [7, 11) is -2.49. The second-order valence-corrected chi connectivity index (χ2v) is 8.77. The molecule has 0 aliphatic carbocycles. The number of carbonyl (C=O) groups excluding carboxylic acids is 1. The van der Waals surface area contributed by atoms with Crippen LogP contribution in [0.3, 0.4) is 0 Å². The monoisotopic (exact) mass is 444 g/mol. The maximum atomic E-state index is 12.9. The van der Waals surface area contributed by atoms with E-state index < -0.39 is 10.0 Å². The van der Waals surface area contributed by atoms with Crippen LogP contribution in [0.1, 0.15) is 21.5 Å². The highest BCUT2D eigenvalue weighted by Crippen LogP contribution is 2.31. The van der Waals surface area contributed by atoms with Gasteiger partial charge in [0, 0.05) is 5.56 Å². The van der Waals surface area contributed by atoms with Crippen LogP contribution >= 0.6 is 11.6 Å². The molecule has 156 valence electrons. The van der Waals surface area contributed by atoms with Gasteiger partial charge in [-0.15, -0.1) is 0 Å². The molecule has 0 bridgehead atoms. The number of sulfonamides is 1. The minimum atomic E-state index is -3.91. The average Bonchev–Trinajstić information content (AvgIpc) is 2.72. The molecule has 30 heavy (non-hydrogen) atoms. The van der Waals surface area contributed by atoms with Crippen LogP contribution in [-0.2, 0) is 10.0 Å². The number of methoxy groups -OCH3 is 1. The summed E-state index contributed by atoms with van der Waals surface area (Å²) in [5.74, 6) is -0.0610. The van der Waals surface area contributed by atoms with Gasteiger partial charge in [-0.2, -0.15) is 0 Å². The normalized spacial score (nSPS) is 11.1. The zero-order valence-corrected chi connectivity index (χ0v) is 18.3. The molecule has 3 rings (SSSR count). The number of anilines is 2. The maximum absolute atomic E-state index is 12.9. The van der Waals surface area contributed by atoms with Gasteiger partial charge in [-0.05, 0) is 67.4 Å². The van der Waals surface area contributed by atoms with Crippen molar-refractivity contribution >= 4 is 38.9 Å². The van der Waals surface area contributed by atoms with Gasteiger partial charge in [0.25, 0.3) is 15.9 Å². The first-order valence-electron chi connectivity index (χ1n) is 9.05. The molecule has 3 aromatic carbocycles. The second kappa shape index (κ2) is 8.77. The quantitative estimate of drug-likeness (QED) is 0.559. The van der Waals surface area contributed by atoms with E-state index in [1.165, 1.54) is 19.2 Å². The summed E-state index contributed by atoms with van der Waals surface area (Å²) in [6.07, 6.45) is 0. The highest BCUT2D eigenvalue weighted by atomic mass is 35.5. The molecule has 6 nitrogen and oxygen atoms in total. The lowest BCUT2D eigenvalue weighted by molar-refractivity contribution is 0.102. The molecule has 0 heterocycles. The lowest BCUT2D eigenvalue weighted by atomic mass is 10.1. The Balaban J connectivity index is 1.83. The summed E-state index contributed by atoms with van der Waals surface area (Å²) in [6.45, 7) is 3.71. The van der Waals surface area contributed by atoms with Crippen LogP contribution in [0, 0.1) is 13.8 Å². The van der Waals surface area contributed by atoms with Gasteiger partial charge in [0.05, 0.1) is 23.5 Å². The summed E-state index contributed by atoms with van der Waals surface area (Å²) >= 11 is 6.27. The van der Waals surface area contributed by atoms with Crippen molar-refractivity contribution in [1.82, 2.24) is 0 Å². The van der Waals surface area contributed by atoms with Gasteiger partial charge in [-0.3, -0.25) is 9.52 Å². The first-order valence-corrected chi connectivity index (χ1v) is 10.9. The van der Waals surface area contributed by atoms with E-state index in [1.54, 1.807) is 42.5 Å². The summed E-state index contributed by atoms with van der Waals surface area (Å²) in [6, 6.07) is 16.4. The third-order valence-electron chi connectivity index (χ3n) is 4.57. The van der Waals surface area contributed by atoms with E-state index in [1.807, 2.05) is 19.9 Å². The standard InChI is InChI=1S/C22H21ClN2O4S/c1-14-11-20(29-3)21(12-15(14)2)30(27,28)25-17-9-10-19(18(23)13-17)24-22(26)16-7-5-4-6-8-16/h4-13,25H,1-3H3,(H,24,26).